The van der Waals surface area contributed by atoms with Crippen molar-refractivity contribution in [1.82, 2.24) is 0 Å². The maximum Gasteiger partial charge on any atom is 0.139 e. The van der Waals surface area contributed by atoms with E-state index in [1.165, 1.54) is 6.07 Å². The Bertz CT molecular complexity index is 382. The molecule has 0 aliphatic heterocycles. The summed E-state index contributed by atoms with van der Waals surface area (Å²) in [6, 6.07) is 2.87. The third kappa shape index (κ3) is 3.35. The van der Waals surface area contributed by atoms with Crippen LogP contribution in [0.25, 0.3) is 0 Å². The fraction of sp³-hybridized carbons (Fsp3) is 0.455. The molecule has 0 radical (unpaired) electrons. The van der Waals surface area contributed by atoms with Crippen molar-refractivity contribution in [3.63, 3.8) is 0 Å². The predicted molar refractivity (Wildman–Crippen MR) is 67.9 cm³/mol. The fourth-order valence-corrected chi connectivity index (χ4v) is 1.72. The third-order valence-electron chi connectivity index (χ3n) is 2.30. The van der Waals surface area contributed by atoms with Gasteiger partial charge in [0.25, 0.3) is 0 Å². The molecule has 0 aliphatic rings. The summed E-state index contributed by atoms with van der Waals surface area (Å²) < 4.78 is 13.5. The molecule has 0 saturated carbocycles. The van der Waals surface area contributed by atoms with Crippen LogP contribution in [0.2, 0.25) is 0 Å². The highest BCUT2D eigenvalue weighted by molar-refractivity contribution is 9.10. The minimum atomic E-state index is -0.386. The van der Waals surface area contributed by atoms with E-state index in [9.17, 15) is 4.39 Å². The Morgan fingerprint density at radius 2 is 2.12 bits per heavy atom. The van der Waals surface area contributed by atoms with Crippen molar-refractivity contribution in [2.75, 3.05) is 17.7 Å². The molecule has 0 aromatic heterocycles. The number of rotatable bonds is 4. The largest absolute Gasteiger partial charge is 0.397 e. The highest BCUT2D eigenvalue weighted by Gasteiger charge is 2.18. The van der Waals surface area contributed by atoms with Gasteiger partial charge in [0.15, 0.2) is 0 Å². The van der Waals surface area contributed by atoms with E-state index in [0.29, 0.717) is 22.3 Å². The van der Waals surface area contributed by atoms with Crippen LogP contribution in [0.1, 0.15) is 20.3 Å². The fourth-order valence-electron chi connectivity index (χ4n) is 1.38. The predicted octanol–water partition coefficient (Wildman–Crippen LogP) is 2.74. The molecule has 0 fully saturated rings. The van der Waals surface area contributed by atoms with Crippen molar-refractivity contribution in [1.29, 1.82) is 0 Å². The summed E-state index contributed by atoms with van der Waals surface area (Å²) in [5.74, 6) is -0.386. The summed E-state index contributed by atoms with van der Waals surface area (Å²) in [6.45, 7) is 3.97. The second kappa shape index (κ2) is 5.01. The van der Waals surface area contributed by atoms with Crippen LogP contribution in [0.3, 0.4) is 0 Å². The third-order valence-corrected chi connectivity index (χ3v) is 2.91. The molecule has 1 aromatic rings. The van der Waals surface area contributed by atoms with Crippen molar-refractivity contribution >= 4 is 27.3 Å². The summed E-state index contributed by atoms with van der Waals surface area (Å²) in [5.41, 5.74) is 6.43. The van der Waals surface area contributed by atoms with E-state index in [1.807, 2.05) is 13.8 Å². The summed E-state index contributed by atoms with van der Waals surface area (Å²) >= 11 is 3.11. The highest BCUT2D eigenvalue weighted by atomic mass is 79.9. The second-order valence-electron chi connectivity index (χ2n) is 4.34. The number of hydrogen-bond donors (Lipinski definition) is 3. The molecule has 3 nitrogen and oxygen atoms in total. The molecule has 5 heteroatoms. The maximum atomic E-state index is 13.1. The van der Waals surface area contributed by atoms with Gasteiger partial charge in [0, 0.05) is 18.2 Å². The molecular weight excluding hydrogens is 275 g/mol. The normalized spacial score (nSPS) is 11.6. The van der Waals surface area contributed by atoms with Gasteiger partial charge < -0.3 is 16.2 Å². The molecule has 1 aromatic carbocycles. The molecule has 16 heavy (non-hydrogen) atoms. The minimum absolute atomic E-state index is 0.0856. The summed E-state index contributed by atoms with van der Waals surface area (Å²) in [4.78, 5) is 0. The number of nitrogens with two attached hydrogens (primary N) is 1. The highest BCUT2D eigenvalue weighted by Crippen LogP contribution is 2.29. The van der Waals surface area contributed by atoms with Crippen LogP contribution in [0.4, 0.5) is 15.8 Å². The molecule has 0 atom stereocenters. The van der Waals surface area contributed by atoms with Gasteiger partial charge in [0.05, 0.1) is 15.8 Å². The number of nitrogens with one attached hydrogen (secondary N) is 1. The molecule has 4 N–H and O–H groups in total. The van der Waals surface area contributed by atoms with Crippen molar-refractivity contribution < 1.29 is 9.50 Å². The second-order valence-corrected chi connectivity index (χ2v) is 5.19. The van der Waals surface area contributed by atoms with E-state index >= 15 is 0 Å². The first kappa shape index (κ1) is 13.3. The number of aliphatic hydroxyl groups excluding tert-OH is 1. The van der Waals surface area contributed by atoms with E-state index in [0.717, 1.165) is 0 Å². The Hall–Kier alpha value is -0.810. The topological polar surface area (TPSA) is 58.3 Å². The smallest absolute Gasteiger partial charge is 0.139 e. The van der Waals surface area contributed by atoms with Crippen molar-refractivity contribution in [2.45, 2.75) is 25.8 Å². The van der Waals surface area contributed by atoms with Crippen molar-refractivity contribution in [3.05, 3.63) is 22.4 Å². The monoisotopic (exact) mass is 290 g/mol. The lowest BCUT2D eigenvalue weighted by Crippen LogP contribution is -2.32. The Morgan fingerprint density at radius 3 is 2.69 bits per heavy atom. The van der Waals surface area contributed by atoms with Gasteiger partial charge >= 0.3 is 0 Å². The van der Waals surface area contributed by atoms with Crippen molar-refractivity contribution in [2.24, 2.45) is 0 Å². The minimum Gasteiger partial charge on any atom is -0.397 e. The van der Waals surface area contributed by atoms with E-state index in [-0.39, 0.29) is 18.0 Å². The molecule has 0 aliphatic carbocycles. The van der Waals surface area contributed by atoms with Crippen LogP contribution in [-0.4, -0.2) is 17.3 Å². The van der Waals surface area contributed by atoms with Crippen LogP contribution >= 0.6 is 15.9 Å². The number of aliphatic hydroxyl groups is 1. The lowest BCUT2D eigenvalue weighted by Gasteiger charge is -2.27. The van der Waals surface area contributed by atoms with Crippen LogP contribution < -0.4 is 11.1 Å². The zero-order valence-corrected chi connectivity index (χ0v) is 10.9. The lowest BCUT2D eigenvalue weighted by atomic mass is 10.0. The van der Waals surface area contributed by atoms with Crippen LogP contribution in [0, 0.1) is 5.82 Å². The molecule has 0 heterocycles. The zero-order chi connectivity index (χ0) is 12.3. The van der Waals surface area contributed by atoms with E-state index in [2.05, 4.69) is 21.2 Å². The Balaban J connectivity index is 2.93. The quantitative estimate of drug-likeness (QED) is 0.748. The molecule has 0 amide bonds. The molecule has 0 unspecified atom stereocenters. The number of benzene rings is 1. The molecule has 90 valence electrons. The number of halogens is 2. The first-order chi connectivity index (χ1) is 7.35. The summed E-state index contributed by atoms with van der Waals surface area (Å²) in [6.07, 6.45) is 0.585. The van der Waals surface area contributed by atoms with Gasteiger partial charge in [-0.05, 0) is 42.3 Å². The van der Waals surface area contributed by atoms with E-state index in [1.54, 1.807) is 6.07 Å². The first-order valence-corrected chi connectivity index (χ1v) is 5.78. The molecular formula is C11H16BrFN2O. The van der Waals surface area contributed by atoms with E-state index < -0.39 is 0 Å². The van der Waals surface area contributed by atoms with Gasteiger partial charge in [-0.25, -0.2) is 4.39 Å². The lowest BCUT2D eigenvalue weighted by molar-refractivity contribution is 0.261. The average molecular weight is 291 g/mol. The molecule has 0 spiro atoms. The molecule has 0 saturated heterocycles. The number of anilines is 2. The van der Waals surface area contributed by atoms with E-state index in [4.69, 9.17) is 10.8 Å². The Labute approximate surface area is 103 Å². The molecule has 1 rings (SSSR count). The van der Waals surface area contributed by atoms with Crippen molar-refractivity contribution in [3.8, 4) is 0 Å². The summed E-state index contributed by atoms with van der Waals surface area (Å²) in [5, 5.41) is 12.1. The number of hydrogen-bond acceptors (Lipinski definition) is 3. The van der Waals surface area contributed by atoms with Gasteiger partial charge in [-0.1, -0.05) is 0 Å². The Kier molecular flexibility index (Phi) is 4.15. The Morgan fingerprint density at radius 1 is 1.50 bits per heavy atom. The van der Waals surface area contributed by atoms with Gasteiger partial charge in [0.1, 0.15) is 5.82 Å². The van der Waals surface area contributed by atoms with Gasteiger partial charge in [0.2, 0.25) is 0 Å². The number of nitrogen functional groups attached to an aromatic ring is 1. The van der Waals surface area contributed by atoms with Crippen LogP contribution in [-0.2, 0) is 0 Å². The molecule has 0 bridgehead atoms. The summed E-state index contributed by atoms with van der Waals surface area (Å²) in [7, 11) is 0. The van der Waals surface area contributed by atoms with Gasteiger partial charge in [-0.3, -0.25) is 0 Å². The van der Waals surface area contributed by atoms with Gasteiger partial charge in [-0.15, -0.1) is 0 Å². The zero-order valence-electron chi connectivity index (χ0n) is 9.35. The van der Waals surface area contributed by atoms with Gasteiger partial charge in [-0.2, -0.15) is 0 Å². The SMILES string of the molecule is CC(C)(CCO)Nc1cc(Br)c(F)cc1N. The maximum absolute atomic E-state index is 13.1. The first-order valence-electron chi connectivity index (χ1n) is 4.99. The standard InChI is InChI=1S/C11H16BrFN2O/c1-11(2,3-4-16)15-10-5-7(12)8(13)6-9(10)14/h5-6,15-16H,3-4,14H2,1-2H3. The van der Waals surface area contributed by atoms with Crippen LogP contribution in [0.15, 0.2) is 16.6 Å². The average Bonchev–Trinajstić information content (AvgIpc) is 2.13. The van der Waals surface area contributed by atoms with Crippen LogP contribution in [0.5, 0.6) is 0 Å².